The van der Waals surface area contributed by atoms with Crippen molar-refractivity contribution in [2.75, 3.05) is 13.1 Å². The zero-order valence-electron chi connectivity index (χ0n) is 13.1. The Balaban J connectivity index is 2.70. The minimum Gasteiger partial charge on any atom is -0.489 e. The van der Waals surface area contributed by atoms with Gasteiger partial charge in [-0.05, 0) is 49.1 Å². The maximum atomic E-state index is 6.11. The van der Waals surface area contributed by atoms with E-state index in [0.717, 1.165) is 31.7 Å². The van der Waals surface area contributed by atoms with Crippen LogP contribution in [0.15, 0.2) is 18.2 Å². The summed E-state index contributed by atoms with van der Waals surface area (Å²) in [6.45, 7) is 12.9. The Bertz CT molecular complexity index is 374. The van der Waals surface area contributed by atoms with Gasteiger partial charge in [-0.2, -0.15) is 0 Å². The van der Waals surface area contributed by atoms with E-state index >= 15 is 0 Å². The molecule has 0 radical (unpaired) electrons. The Morgan fingerprint density at radius 2 is 1.95 bits per heavy atom. The van der Waals surface area contributed by atoms with Crippen molar-refractivity contribution in [3.8, 4) is 5.75 Å². The molecule has 0 heterocycles. The molecule has 19 heavy (non-hydrogen) atoms. The molecular formula is C17H29NO. The summed E-state index contributed by atoms with van der Waals surface area (Å²) in [6, 6.07) is 6.48. The van der Waals surface area contributed by atoms with Gasteiger partial charge < -0.3 is 10.1 Å². The quantitative estimate of drug-likeness (QED) is 0.756. The second-order valence-electron chi connectivity index (χ2n) is 5.51. The molecule has 0 saturated heterocycles. The highest BCUT2D eigenvalue weighted by atomic mass is 16.5. The van der Waals surface area contributed by atoms with Crippen molar-refractivity contribution in [3.05, 3.63) is 29.3 Å². The molecule has 1 rings (SSSR count). The zero-order chi connectivity index (χ0) is 14.3. The van der Waals surface area contributed by atoms with E-state index in [-0.39, 0.29) is 6.10 Å². The Morgan fingerprint density at radius 3 is 2.47 bits per heavy atom. The molecule has 0 bridgehead atoms. The van der Waals surface area contributed by atoms with Crippen LogP contribution >= 0.6 is 0 Å². The molecule has 0 fully saturated rings. The highest BCUT2D eigenvalue weighted by Gasteiger charge is 2.10. The first kappa shape index (κ1) is 16.0. The third-order valence-corrected chi connectivity index (χ3v) is 3.40. The average Bonchev–Trinajstić information content (AvgIpc) is 2.36. The number of hydrogen-bond acceptors (Lipinski definition) is 2. The second-order valence-corrected chi connectivity index (χ2v) is 5.51. The lowest BCUT2D eigenvalue weighted by Crippen LogP contribution is -2.31. The van der Waals surface area contributed by atoms with Gasteiger partial charge in [-0.1, -0.05) is 40.2 Å². The topological polar surface area (TPSA) is 21.3 Å². The largest absolute Gasteiger partial charge is 0.489 e. The maximum absolute atomic E-state index is 6.11. The summed E-state index contributed by atoms with van der Waals surface area (Å²) in [6.07, 6.45) is 2.52. The molecule has 1 aromatic carbocycles. The van der Waals surface area contributed by atoms with Gasteiger partial charge in [0, 0.05) is 6.54 Å². The Labute approximate surface area is 118 Å². The molecule has 1 unspecified atom stereocenters. The summed E-state index contributed by atoms with van der Waals surface area (Å²) in [7, 11) is 0. The molecule has 0 aliphatic rings. The predicted octanol–water partition coefficient (Wildman–Crippen LogP) is 4.28. The van der Waals surface area contributed by atoms with Gasteiger partial charge in [0.2, 0.25) is 0 Å². The van der Waals surface area contributed by atoms with Crippen molar-refractivity contribution in [2.45, 2.75) is 59.5 Å². The van der Waals surface area contributed by atoms with Gasteiger partial charge in [0.15, 0.2) is 0 Å². The number of benzene rings is 1. The molecule has 2 heteroatoms. The van der Waals surface area contributed by atoms with E-state index in [2.05, 4.69) is 58.1 Å². The number of rotatable bonds is 8. The number of hydrogen-bond donors (Lipinski definition) is 1. The fourth-order valence-corrected chi connectivity index (χ4v) is 2.39. The van der Waals surface area contributed by atoms with Crippen LogP contribution in [0.4, 0.5) is 0 Å². The molecular weight excluding hydrogens is 234 g/mol. The normalized spacial score (nSPS) is 12.7. The molecule has 0 spiro atoms. The van der Waals surface area contributed by atoms with E-state index in [1.165, 1.54) is 11.1 Å². The Morgan fingerprint density at radius 1 is 1.21 bits per heavy atom. The van der Waals surface area contributed by atoms with Crippen molar-refractivity contribution < 1.29 is 4.74 Å². The predicted molar refractivity (Wildman–Crippen MR) is 83.1 cm³/mol. The van der Waals surface area contributed by atoms with Crippen molar-refractivity contribution in [1.82, 2.24) is 5.32 Å². The van der Waals surface area contributed by atoms with Gasteiger partial charge in [-0.25, -0.2) is 0 Å². The molecule has 0 aliphatic heterocycles. The summed E-state index contributed by atoms with van der Waals surface area (Å²) in [5.74, 6) is 1.57. The van der Waals surface area contributed by atoms with Gasteiger partial charge in [-0.15, -0.1) is 0 Å². The summed E-state index contributed by atoms with van der Waals surface area (Å²) in [5, 5.41) is 3.37. The smallest absolute Gasteiger partial charge is 0.120 e. The molecule has 1 atom stereocenters. The van der Waals surface area contributed by atoms with Gasteiger partial charge in [0.1, 0.15) is 11.9 Å². The van der Waals surface area contributed by atoms with Crippen LogP contribution < -0.4 is 10.1 Å². The van der Waals surface area contributed by atoms with Crippen molar-refractivity contribution in [2.24, 2.45) is 0 Å². The lowest BCUT2D eigenvalue weighted by Gasteiger charge is -2.20. The van der Waals surface area contributed by atoms with Gasteiger partial charge in [0.25, 0.3) is 0 Å². The molecule has 2 nitrogen and oxygen atoms in total. The molecule has 0 amide bonds. The fourth-order valence-electron chi connectivity index (χ4n) is 2.39. The summed E-state index contributed by atoms with van der Waals surface area (Å²) >= 11 is 0. The minimum atomic E-state index is 0.272. The number of ether oxygens (including phenoxy) is 1. The first-order valence-corrected chi connectivity index (χ1v) is 7.56. The summed E-state index contributed by atoms with van der Waals surface area (Å²) in [4.78, 5) is 0. The number of aryl methyl sites for hydroxylation is 1. The first-order valence-electron chi connectivity index (χ1n) is 7.56. The van der Waals surface area contributed by atoms with Crippen LogP contribution in [0.2, 0.25) is 0 Å². The first-order chi connectivity index (χ1) is 9.08. The van der Waals surface area contributed by atoms with E-state index in [9.17, 15) is 0 Å². The molecule has 1 N–H and O–H groups in total. The molecule has 0 aromatic heterocycles. The zero-order valence-corrected chi connectivity index (χ0v) is 13.1. The maximum Gasteiger partial charge on any atom is 0.120 e. The number of nitrogens with one attached hydrogen (secondary N) is 1. The van der Waals surface area contributed by atoms with Crippen LogP contribution in [0.1, 0.15) is 57.6 Å². The minimum absolute atomic E-state index is 0.272. The van der Waals surface area contributed by atoms with E-state index in [1.54, 1.807) is 0 Å². The Kier molecular flexibility index (Phi) is 6.93. The lowest BCUT2D eigenvalue weighted by atomic mass is 9.98. The average molecular weight is 263 g/mol. The lowest BCUT2D eigenvalue weighted by molar-refractivity contribution is 0.187. The molecule has 0 saturated carbocycles. The van der Waals surface area contributed by atoms with Gasteiger partial charge >= 0.3 is 0 Å². The highest BCUT2D eigenvalue weighted by Crippen LogP contribution is 2.24. The molecule has 1 aromatic rings. The monoisotopic (exact) mass is 263 g/mol. The van der Waals surface area contributed by atoms with E-state index < -0.39 is 0 Å². The Hall–Kier alpha value is -1.02. The summed E-state index contributed by atoms with van der Waals surface area (Å²) in [5.41, 5.74) is 2.73. The van der Waals surface area contributed by atoms with E-state index in [4.69, 9.17) is 4.74 Å². The highest BCUT2D eigenvalue weighted by molar-refractivity contribution is 5.36. The van der Waals surface area contributed by atoms with Crippen LogP contribution in [0.25, 0.3) is 0 Å². The summed E-state index contributed by atoms with van der Waals surface area (Å²) < 4.78 is 6.11. The van der Waals surface area contributed by atoms with Crippen molar-refractivity contribution >= 4 is 0 Å². The third-order valence-electron chi connectivity index (χ3n) is 3.40. The van der Waals surface area contributed by atoms with E-state index in [0.29, 0.717) is 5.92 Å². The third kappa shape index (κ3) is 5.23. The SMILES string of the molecule is CCCC(CNCC)Oc1ccc(C(C)C)c(C)c1. The van der Waals surface area contributed by atoms with Crippen LogP contribution in [0.3, 0.4) is 0 Å². The van der Waals surface area contributed by atoms with Crippen molar-refractivity contribution in [1.29, 1.82) is 0 Å². The van der Waals surface area contributed by atoms with Gasteiger partial charge in [0.05, 0.1) is 0 Å². The van der Waals surface area contributed by atoms with Crippen LogP contribution in [-0.4, -0.2) is 19.2 Å². The second kappa shape index (κ2) is 8.21. The van der Waals surface area contributed by atoms with Crippen LogP contribution in [-0.2, 0) is 0 Å². The van der Waals surface area contributed by atoms with Crippen LogP contribution in [0.5, 0.6) is 5.75 Å². The van der Waals surface area contributed by atoms with Gasteiger partial charge in [-0.3, -0.25) is 0 Å². The van der Waals surface area contributed by atoms with Crippen LogP contribution in [0, 0.1) is 6.92 Å². The number of likely N-dealkylation sites (N-methyl/N-ethyl adjacent to an activating group) is 1. The fraction of sp³-hybridized carbons (Fsp3) is 0.647. The standard InChI is InChI=1S/C17H29NO/c1-6-8-16(12-18-7-2)19-15-9-10-17(13(3)4)14(5)11-15/h9-11,13,16,18H,6-8,12H2,1-5H3. The van der Waals surface area contributed by atoms with Crippen molar-refractivity contribution in [3.63, 3.8) is 0 Å². The molecule has 108 valence electrons. The molecule has 0 aliphatic carbocycles. The van der Waals surface area contributed by atoms with E-state index in [1.807, 2.05) is 0 Å².